The molecule has 0 amide bonds. The normalized spacial score (nSPS) is 10.5. The molecule has 0 aliphatic carbocycles. The van der Waals surface area contributed by atoms with E-state index in [1.165, 1.54) is 6.33 Å². The summed E-state index contributed by atoms with van der Waals surface area (Å²) in [7, 11) is 0. The Hall–Kier alpha value is -1.23. The highest BCUT2D eigenvalue weighted by molar-refractivity contribution is 6.31. The Kier molecular flexibility index (Phi) is 2.77. The predicted octanol–water partition coefficient (Wildman–Crippen LogP) is 2.16. The first-order valence-electron chi connectivity index (χ1n) is 3.68. The van der Waals surface area contributed by atoms with Gasteiger partial charge in [0.1, 0.15) is 12.0 Å². The predicted molar refractivity (Wildman–Crippen MR) is 47.8 cm³/mol. The molecule has 13 heavy (non-hydrogen) atoms. The van der Waals surface area contributed by atoms with Gasteiger partial charge in [0.25, 0.3) is 0 Å². The Balaban J connectivity index is 3.34. The largest absolute Gasteiger partial charge is 0.327 e. The van der Waals surface area contributed by atoms with Gasteiger partial charge in [-0.25, -0.2) is 9.97 Å². The molecule has 0 aliphatic rings. The van der Waals surface area contributed by atoms with Gasteiger partial charge in [0.15, 0.2) is 0 Å². The van der Waals surface area contributed by atoms with Crippen LogP contribution in [0, 0.1) is 10.1 Å². The molecule has 5 nitrogen and oxygen atoms in total. The van der Waals surface area contributed by atoms with E-state index in [1.807, 2.05) is 13.8 Å². The molecule has 0 N–H and O–H groups in total. The summed E-state index contributed by atoms with van der Waals surface area (Å²) in [6.45, 7) is 3.62. The first kappa shape index (κ1) is 9.85. The lowest BCUT2D eigenvalue weighted by Gasteiger charge is -2.04. The van der Waals surface area contributed by atoms with Crippen molar-refractivity contribution in [1.82, 2.24) is 9.97 Å². The number of hydrogen-bond donors (Lipinski definition) is 0. The van der Waals surface area contributed by atoms with E-state index in [4.69, 9.17) is 11.6 Å². The molecule has 0 atom stereocenters. The molecule has 0 spiro atoms. The Morgan fingerprint density at radius 3 is 2.54 bits per heavy atom. The average Bonchev–Trinajstić information content (AvgIpc) is 2.02. The number of aromatic nitrogens is 2. The van der Waals surface area contributed by atoms with Crippen molar-refractivity contribution in [3.8, 4) is 0 Å². The minimum Gasteiger partial charge on any atom is -0.258 e. The lowest BCUT2D eigenvalue weighted by molar-refractivity contribution is -0.386. The van der Waals surface area contributed by atoms with Gasteiger partial charge in [-0.1, -0.05) is 25.4 Å². The van der Waals surface area contributed by atoms with Crippen molar-refractivity contribution in [2.75, 3.05) is 0 Å². The van der Waals surface area contributed by atoms with E-state index in [2.05, 4.69) is 9.97 Å². The molecule has 0 unspecified atom stereocenters. The molecule has 1 rings (SSSR count). The summed E-state index contributed by atoms with van der Waals surface area (Å²) in [4.78, 5) is 17.4. The van der Waals surface area contributed by atoms with Gasteiger partial charge in [-0.15, -0.1) is 0 Å². The van der Waals surface area contributed by atoms with Gasteiger partial charge in [-0.3, -0.25) is 10.1 Å². The molecule has 1 aromatic heterocycles. The third kappa shape index (κ3) is 1.92. The van der Waals surface area contributed by atoms with Gasteiger partial charge in [0.05, 0.1) is 4.92 Å². The van der Waals surface area contributed by atoms with Gasteiger partial charge in [-0.2, -0.15) is 0 Å². The second kappa shape index (κ2) is 3.66. The van der Waals surface area contributed by atoms with Crippen LogP contribution < -0.4 is 0 Å². The summed E-state index contributed by atoms with van der Waals surface area (Å²) in [5.74, 6) is -0.0408. The second-order valence-corrected chi connectivity index (χ2v) is 3.17. The SMILES string of the molecule is CC(C)c1ncnc(Cl)c1[N+](=O)[O-]. The quantitative estimate of drug-likeness (QED) is 0.418. The van der Waals surface area contributed by atoms with Crippen molar-refractivity contribution in [1.29, 1.82) is 0 Å². The molecule has 0 aliphatic heterocycles. The van der Waals surface area contributed by atoms with Crippen molar-refractivity contribution in [3.63, 3.8) is 0 Å². The van der Waals surface area contributed by atoms with Crippen molar-refractivity contribution in [2.45, 2.75) is 19.8 Å². The number of hydrogen-bond acceptors (Lipinski definition) is 4. The maximum Gasteiger partial charge on any atom is 0.327 e. The zero-order chi connectivity index (χ0) is 10.0. The molecular weight excluding hydrogens is 194 g/mol. The molecule has 6 heteroatoms. The zero-order valence-electron chi connectivity index (χ0n) is 7.19. The average molecular weight is 202 g/mol. The van der Waals surface area contributed by atoms with Crippen LogP contribution in [0.15, 0.2) is 6.33 Å². The van der Waals surface area contributed by atoms with Crippen molar-refractivity contribution in [3.05, 3.63) is 27.3 Å². The van der Waals surface area contributed by atoms with E-state index in [0.717, 1.165) is 0 Å². The number of nitrogens with zero attached hydrogens (tertiary/aromatic N) is 3. The second-order valence-electron chi connectivity index (χ2n) is 2.81. The van der Waals surface area contributed by atoms with E-state index in [0.29, 0.717) is 5.69 Å². The molecule has 1 aromatic rings. The van der Waals surface area contributed by atoms with E-state index in [-0.39, 0.29) is 16.8 Å². The number of halogens is 1. The summed E-state index contributed by atoms with van der Waals surface area (Å²) in [6, 6.07) is 0. The Morgan fingerprint density at radius 2 is 2.15 bits per heavy atom. The summed E-state index contributed by atoms with van der Waals surface area (Å²) in [5, 5.41) is 10.5. The molecule has 1 heterocycles. The summed E-state index contributed by atoms with van der Waals surface area (Å²) in [6.07, 6.45) is 1.23. The summed E-state index contributed by atoms with van der Waals surface area (Å²) < 4.78 is 0. The van der Waals surface area contributed by atoms with Crippen molar-refractivity contribution in [2.24, 2.45) is 0 Å². The van der Waals surface area contributed by atoms with Gasteiger partial charge in [0.2, 0.25) is 5.15 Å². The summed E-state index contributed by atoms with van der Waals surface area (Å²) >= 11 is 5.58. The molecule has 0 fully saturated rings. The highest BCUT2D eigenvalue weighted by Gasteiger charge is 2.22. The molecule has 0 radical (unpaired) electrons. The number of rotatable bonds is 2. The lowest BCUT2D eigenvalue weighted by Crippen LogP contribution is -2.02. The summed E-state index contributed by atoms with van der Waals surface area (Å²) in [5.41, 5.74) is 0.171. The van der Waals surface area contributed by atoms with Crippen LogP contribution in [0.5, 0.6) is 0 Å². The topological polar surface area (TPSA) is 68.9 Å². The molecule has 0 saturated carbocycles. The van der Waals surface area contributed by atoms with Crippen LogP contribution >= 0.6 is 11.6 Å². The van der Waals surface area contributed by atoms with Crippen molar-refractivity contribution < 1.29 is 4.92 Å². The third-order valence-corrected chi connectivity index (χ3v) is 1.81. The van der Waals surface area contributed by atoms with Crippen LogP contribution in [0.3, 0.4) is 0 Å². The van der Waals surface area contributed by atoms with Crippen LogP contribution in [0.2, 0.25) is 5.15 Å². The van der Waals surface area contributed by atoms with Gasteiger partial charge < -0.3 is 0 Å². The van der Waals surface area contributed by atoms with E-state index >= 15 is 0 Å². The highest BCUT2D eigenvalue weighted by Crippen LogP contribution is 2.28. The standard InChI is InChI=1S/C7H8ClN3O2/c1-4(2)5-6(11(12)13)7(8)10-3-9-5/h3-4H,1-2H3. The van der Waals surface area contributed by atoms with Crippen LogP contribution in [0.1, 0.15) is 25.5 Å². The third-order valence-electron chi connectivity index (χ3n) is 1.54. The van der Waals surface area contributed by atoms with Gasteiger partial charge in [0, 0.05) is 5.92 Å². The van der Waals surface area contributed by atoms with Crippen LogP contribution in [-0.4, -0.2) is 14.9 Å². The first-order valence-corrected chi connectivity index (χ1v) is 4.06. The van der Waals surface area contributed by atoms with Crippen LogP contribution in [0.4, 0.5) is 5.69 Å². The van der Waals surface area contributed by atoms with Crippen LogP contribution in [0.25, 0.3) is 0 Å². The maximum atomic E-state index is 10.6. The monoisotopic (exact) mass is 201 g/mol. The Morgan fingerprint density at radius 1 is 1.54 bits per heavy atom. The Bertz CT molecular complexity index is 341. The maximum absolute atomic E-state index is 10.6. The highest BCUT2D eigenvalue weighted by atomic mass is 35.5. The van der Waals surface area contributed by atoms with E-state index in [9.17, 15) is 10.1 Å². The smallest absolute Gasteiger partial charge is 0.258 e. The van der Waals surface area contributed by atoms with E-state index < -0.39 is 4.92 Å². The molecule has 0 aromatic carbocycles. The van der Waals surface area contributed by atoms with Gasteiger partial charge >= 0.3 is 5.69 Å². The molecule has 0 bridgehead atoms. The van der Waals surface area contributed by atoms with Gasteiger partial charge in [-0.05, 0) is 0 Å². The van der Waals surface area contributed by atoms with Crippen LogP contribution in [-0.2, 0) is 0 Å². The minimum absolute atomic E-state index is 0.0408. The zero-order valence-corrected chi connectivity index (χ0v) is 7.95. The molecular formula is C7H8ClN3O2. The lowest BCUT2D eigenvalue weighted by atomic mass is 10.1. The van der Waals surface area contributed by atoms with E-state index in [1.54, 1.807) is 0 Å². The fourth-order valence-corrected chi connectivity index (χ4v) is 1.17. The first-order chi connectivity index (χ1) is 6.04. The van der Waals surface area contributed by atoms with Crippen molar-refractivity contribution >= 4 is 17.3 Å². The Labute approximate surface area is 79.9 Å². The molecule has 0 saturated heterocycles. The number of nitro groups is 1. The molecule has 70 valence electrons. The fourth-order valence-electron chi connectivity index (χ4n) is 0.961. The minimum atomic E-state index is -0.558. The fraction of sp³-hybridized carbons (Fsp3) is 0.429.